The van der Waals surface area contributed by atoms with Crippen LogP contribution in [-0.4, -0.2) is 24.9 Å². The number of fused-ring (bicyclic) bond motifs is 1. The van der Waals surface area contributed by atoms with Gasteiger partial charge in [-0.2, -0.15) is 18.4 Å². The van der Waals surface area contributed by atoms with Crippen LogP contribution in [0.4, 0.5) is 13.2 Å². The molecule has 0 aliphatic carbocycles. The van der Waals surface area contributed by atoms with Crippen molar-refractivity contribution in [2.45, 2.75) is 51.3 Å². The number of benzene rings is 2. The van der Waals surface area contributed by atoms with Gasteiger partial charge in [-0.05, 0) is 67.5 Å². The molecule has 0 saturated heterocycles. The first kappa shape index (κ1) is 23.4. The topological polar surface area (TPSA) is 59.3 Å². The van der Waals surface area contributed by atoms with Crippen LogP contribution in [0.15, 0.2) is 48.0 Å². The summed E-state index contributed by atoms with van der Waals surface area (Å²) < 4.78 is 51.1. The number of hydrogen-bond acceptors (Lipinski definition) is 4. The minimum Gasteiger partial charge on any atom is -0.475 e. The number of carbonyl (C=O) groups excluding carboxylic acids is 1. The van der Waals surface area contributed by atoms with Gasteiger partial charge >= 0.3 is 12.1 Å². The van der Waals surface area contributed by atoms with Crippen molar-refractivity contribution in [2.75, 3.05) is 6.61 Å². The standard InChI is InChI=1S/C25H24F3NO3/c1-2-31-24(30)21-15-20-14-18(11-7-4-8-12-29)19(13-17-9-5-3-6-10-17)16-22(20)32-23(21)25(26,27)28/h3,5-6,9-10,14-16,23H,2,4,7-8,11,13H2,1H3. The SMILES string of the molecule is CCOC(=O)C1=Cc2cc(CCCCC#N)c(Cc3ccccc3)cc2OC1C(F)(F)F. The monoisotopic (exact) mass is 443 g/mol. The van der Waals surface area contributed by atoms with E-state index in [0.29, 0.717) is 24.8 Å². The van der Waals surface area contributed by atoms with E-state index in [0.717, 1.165) is 29.5 Å². The Labute approximate surface area is 185 Å². The van der Waals surface area contributed by atoms with Crippen molar-refractivity contribution < 1.29 is 27.4 Å². The minimum atomic E-state index is -4.76. The normalized spacial score (nSPS) is 15.2. The first-order chi connectivity index (χ1) is 15.3. The summed E-state index contributed by atoms with van der Waals surface area (Å²) in [6.07, 6.45) is -2.75. The number of ether oxygens (including phenoxy) is 2. The van der Waals surface area contributed by atoms with Crippen molar-refractivity contribution in [2.24, 2.45) is 0 Å². The number of unbranched alkanes of at least 4 members (excludes halogenated alkanes) is 2. The average molecular weight is 443 g/mol. The molecule has 0 saturated carbocycles. The third kappa shape index (κ3) is 5.70. The quantitative estimate of drug-likeness (QED) is 0.383. The number of rotatable bonds is 8. The fourth-order valence-corrected chi connectivity index (χ4v) is 3.69. The number of esters is 1. The summed E-state index contributed by atoms with van der Waals surface area (Å²) in [6, 6.07) is 15.2. The fourth-order valence-electron chi connectivity index (χ4n) is 3.69. The Kier molecular flexibility index (Phi) is 7.57. The Hall–Kier alpha value is -3.27. The second kappa shape index (κ2) is 10.4. The first-order valence-corrected chi connectivity index (χ1v) is 10.5. The van der Waals surface area contributed by atoms with Crippen molar-refractivity contribution in [3.63, 3.8) is 0 Å². The van der Waals surface area contributed by atoms with Crippen molar-refractivity contribution >= 4 is 12.0 Å². The molecule has 1 aliphatic heterocycles. The molecule has 0 N–H and O–H groups in total. The van der Waals surface area contributed by atoms with Crippen molar-refractivity contribution in [3.8, 4) is 11.8 Å². The van der Waals surface area contributed by atoms with E-state index in [1.54, 1.807) is 12.1 Å². The highest BCUT2D eigenvalue weighted by Crippen LogP contribution is 2.39. The number of aryl methyl sites for hydroxylation is 1. The van der Waals surface area contributed by atoms with Crippen LogP contribution >= 0.6 is 0 Å². The van der Waals surface area contributed by atoms with Crippen LogP contribution in [0.2, 0.25) is 0 Å². The third-order valence-electron chi connectivity index (χ3n) is 5.20. The molecule has 0 amide bonds. The van der Waals surface area contributed by atoms with Crippen molar-refractivity contribution in [1.29, 1.82) is 5.26 Å². The van der Waals surface area contributed by atoms with E-state index in [4.69, 9.17) is 14.7 Å². The molecule has 4 nitrogen and oxygen atoms in total. The molecule has 1 atom stereocenters. The largest absolute Gasteiger partial charge is 0.475 e. The lowest BCUT2D eigenvalue weighted by atomic mass is 9.91. The molecule has 2 aromatic carbocycles. The van der Waals surface area contributed by atoms with Gasteiger partial charge in [0.25, 0.3) is 0 Å². The highest BCUT2D eigenvalue weighted by atomic mass is 19.4. The molecule has 0 radical (unpaired) electrons. The molecule has 0 spiro atoms. The van der Waals surface area contributed by atoms with E-state index in [1.165, 1.54) is 13.0 Å². The number of alkyl halides is 3. The number of nitrogens with zero attached hydrogens (tertiary/aromatic N) is 1. The van der Waals surface area contributed by atoms with Gasteiger partial charge in [-0.1, -0.05) is 30.3 Å². The summed E-state index contributed by atoms with van der Waals surface area (Å²) in [5.74, 6) is -0.948. The van der Waals surface area contributed by atoms with Crippen LogP contribution in [0.25, 0.3) is 6.08 Å². The second-order valence-corrected chi connectivity index (χ2v) is 7.55. The first-order valence-electron chi connectivity index (χ1n) is 10.5. The molecule has 3 rings (SSSR count). The van der Waals surface area contributed by atoms with Gasteiger partial charge in [0.2, 0.25) is 6.10 Å². The number of carbonyl (C=O) groups is 1. The third-order valence-corrected chi connectivity index (χ3v) is 5.20. The van der Waals surface area contributed by atoms with Crippen LogP contribution in [-0.2, 0) is 22.4 Å². The highest BCUT2D eigenvalue weighted by molar-refractivity contribution is 5.96. The van der Waals surface area contributed by atoms with E-state index in [9.17, 15) is 18.0 Å². The Morgan fingerprint density at radius 2 is 1.91 bits per heavy atom. The van der Waals surface area contributed by atoms with Gasteiger partial charge in [0.15, 0.2) is 0 Å². The molecule has 7 heteroatoms. The molecule has 2 aromatic rings. The fraction of sp³-hybridized carbons (Fsp3) is 0.360. The summed E-state index contributed by atoms with van der Waals surface area (Å²) in [7, 11) is 0. The molecule has 0 fully saturated rings. The van der Waals surface area contributed by atoms with Gasteiger partial charge < -0.3 is 9.47 Å². The molecule has 1 heterocycles. The lowest BCUT2D eigenvalue weighted by Gasteiger charge is -2.29. The maximum Gasteiger partial charge on any atom is 0.430 e. The molecular weight excluding hydrogens is 419 g/mol. The van der Waals surface area contributed by atoms with Gasteiger partial charge in [-0.3, -0.25) is 0 Å². The maximum absolute atomic E-state index is 13.7. The van der Waals surface area contributed by atoms with Crippen LogP contribution in [0, 0.1) is 11.3 Å². The van der Waals surface area contributed by atoms with Crippen LogP contribution in [0.5, 0.6) is 5.75 Å². The van der Waals surface area contributed by atoms with Gasteiger partial charge in [-0.25, -0.2) is 4.79 Å². The predicted octanol–water partition coefficient (Wildman–Crippen LogP) is 5.78. The zero-order valence-electron chi connectivity index (χ0n) is 17.7. The summed E-state index contributed by atoms with van der Waals surface area (Å²) in [5.41, 5.74) is 2.70. The summed E-state index contributed by atoms with van der Waals surface area (Å²) >= 11 is 0. The van der Waals surface area contributed by atoms with Crippen LogP contribution < -0.4 is 4.74 Å². The molecule has 0 bridgehead atoms. The predicted molar refractivity (Wildman–Crippen MR) is 114 cm³/mol. The maximum atomic E-state index is 13.7. The van der Waals surface area contributed by atoms with Gasteiger partial charge in [0.1, 0.15) is 5.75 Å². The van der Waals surface area contributed by atoms with Crippen LogP contribution in [0.1, 0.15) is 48.4 Å². The van der Waals surface area contributed by atoms with Gasteiger partial charge in [0.05, 0.1) is 18.2 Å². The lowest BCUT2D eigenvalue weighted by molar-refractivity contribution is -0.187. The summed E-state index contributed by atoms with van der Waals surface area (Å²) in [5, 5.41) is 8.78. The molecule has 32 heavy (non-hydrogen) atoms. The molecule has 0 aromatic heterocycles. The van der Waals surface area contributed by atoms with Crippen molar-refractivity contribution in [3.05, 3.63) is 70.3 Å². The number of halogens is 3. The van der Waals surface area contributed by atoms with E-state index in [1.807, 2.05) is 30.3 Å². The smallest absolute Gasteiger partial charge is 0.430 e. The second-order valence-electron chi connectivity index (χ2n) is 7.55. The molecule has 168 valence electrons. The van der Waals surface area contributed by atoms with E-state index >= 15 is 0 Å². The minimum absolute atomic E-state index is 0.0340. The summed E-state index contributed by atoms with van der Waals surface area (Å²) in [6.45, 7) is 1.50. The number of nitriles is 1. The lowest BCUT2D eigenvalue weighted by Crippen LogP contribution is -2.40. The molecule has 1 aliphatic rings. The Morgan fingerprint density at radius 1 is 1.16 bits per heavy atom. The Balaban J connectivity index is 2.02. The summed E-state index contributed by atoms with van der Waals surface area (Å²) in [4.78, 5) is 12.2. The van der Waals surface area contributed by atoms with Crippen molar-refractivity contribution in [1.82, 2.24) is 0 Å². The molecule has 1 unspecified atom stereocenters. The van der Waals surface area contributed by atoms with Gasteiger partial charge in [0, 0.05) is 12.0 Å². The van der Waals surface area contributed by atoms with E-state index in [-0.39, 0.29) is 12.4 Å². The Bertz CT molecular complexity index is 1020. The average Bonchev–Trinajstić information content (AvgIpc) is 2.76. The van der Waals surface area contributed by atoms with E-state index in [2.05, 4.69) is 6.07 Å². The number of hydrogen-bond donors (Lipinski definition) is 0. The van der Waals surface area contributed by atoms with Gasteiger partial charge in [-0.15, -0.1) is 0 Å². The van der Waals surface area contributed by atoms with Crippen LogP contribution in [0.3, 0.4) is 0 Å². The Morgan fingerprint density at radius 3 is 2.56 bits per heavy atom. The highest BCUT2D eigenvalue weighted by Gasteiger charge is 2.48. The zero-order valence-corrected chi connectivity index (χ0v) is 17.7. The molecular formula is C25H24F3NO3. The van der Waals surface area contributed by atoms with E-state index < -0.39 is 23.8 Å². The zero-order chi connectivity index (χ0) is 23.1.